The smallest absolute Gasteiger partial charge is 0.254 e. The molecule has 156 valence electrons. The van der Waals surface area contributed by atoms with Crippen LogP contribution in [0.3, 0.4) is 0 Å². The highest BCUT2D eigenvalue weighted by atomic mass is 16.1. The number of anilines is 3. The Morgan fingerprint density at radius 3 is 2.80 bits per heavy atom. The molecule has 1 fully saturated rings. The first-order chi connectivity index (χ1) is 14.5. The molecule has 1 aliphatic rings. The second-order valence-electron chi connectivity index (χ2n) is 7.66. The Balaban J connectivity index is 1.60. The third-order valence-electron chi connectivity index (χ3n) is 5.32. The number of rotatable bonds is 6. The van der Waals surface area contributed by atoms with E-state index in [0.29, 0.717) is 11.8 Å². The summed E-state index contributed by atoms with van der Waals surface area (Å²) in [6.45, 7) is 1.95. The van der Waals surface area contributed by atoms with Gasteiger partial charge in [-0.1, -0.05) is 25.0 Å². The average Bonchev–Trinajstić information content (AvgIpc) is 3.16. The lowest BCUT2D eigenvalue weighted by atomic mass is 9.91. The summed E-state index contributed by atoms with van der Waals surface area (Å²) >= 11 is 0. The van der Waals surface area contributed by atoms with Gasteiger partial charge in [-0.2, -0.15) is 10.1 Å². The number of benzene rings is 1. The summed E-state index contributed by atoms with van der Waals surface area (Å²) in [6.07, 6.45) is 5.64. The summed E-state index contributed by atoms with van der Waals surface area (Å²) in [5.41, 5.74) is 15.5. The van der Waals surface area contributed by atoms with Crippen LogP contribution in [-0.4, -0.2) is 38.2 Å². The Kier molecular flexibility index (Phi) is 5.62. The summed E-state index contributed by atoms with van der Waals surface area (Å²) in [5, 5.41) is 13.7. The van der Waals surface area contributed by atoms with Crippen LogP contribution < -0.4 is 22.1 Å². The van der Waals surface area contributed by atoms with Gasteiger partial charge in [0, 0.05) is 35.2 Å². The van der Waals surface area contributed by atoms with E-state index in [2.05, 4.69) is 30.8 Å². The zero-order valence-corrected chi connectivity index (χ0v) is 16.9. The molecule has 2 heterocycles. The van der Waals surface area contributed by atoms with Crippen molar-refractivity contribution >= 4 is 23.4 Å². The molecule has 2 aromatic heterocycles. The number of carbonyl (C=O) groups excluding carboxylic acids is 1. The third-order valence-corrected chi connectivity index (χ3v) is 5.32. The van der Waals surface area contributed by atoms with Crippen molar-refractivity contribution in [3.05, 3.63) is 47.8 Å². The molecule has 3 aromatic rings. The molecule has 1 aliphatic carbocycles. The number of hydrogen-bond donors (Lipinski definition) is 5. The molecule has 9 nitrogen and oxygen atoms in total. The number of nitrogens with two attached hydrogens (primary N) is 2. The Bertz CT molecular complexity index is 1050. The van der Waals surface area contributed by atoms with E-state index in [1.807, 2.05) is 37.3 Å². The van der Waals surface area contributed by atoms with Crippen molar-refractivity contribution in [3.63, 3.8) is 0 Å². The van der Waals surface area contributed by atoms with Gasteiger partial charge < -0.3 is 22.1 Å². The van der Waals surface area contributed by atoms with E-state index in [9.17, 15) is 4.79 Å². The minimum atomic E-state index is -0.600. The summed E-state index contributed by atoms with van der Waals surface area (Å²) in [6, 6.07) is 9.84. The van der Waals surface area contributed by atoms with Gasteiger partial charge >= 0.3 is 0 Å². The molecule has 1 aromatic carbocycles. The minimum Gasteiger partial charge on any atom is -0.365 e. The first kappa shape index (κ1) is 19.8. The number of hydrogen-bond acceptors (Lipinski definition) is 7. The monoisotopic (exact) mass is 406 g/mol. The fraction of sp³-hybridized carbons (Fsp3) is 0.333. The molecule has 2 atom stereocenters. The van der Waals surface area contributed by atoms with E-state index < -0.39 is 5.91 Å². The highest BCUT2D eigenvalue weighted by Gasteiger charge is 2.23. The van der Waals surface area contributed by atoms with Crippen LogP contribution >= 0.6 is 0 Å². The highest BCUT2D eigenvalue weighted by molar-refractivity contribution is 5.98. The standard InChI is InChI=1S/C21H26N8O/c1-12-9-18(29-28-12)13-5-4-6-14(10-13)25-20-15(19(23)30)11-24-21(27-20)26-17-8-3-2-7-16(17)22/h4-6,9-11,16-17H,2-3,7-8,22H2,1H3,(H2,23,30)(H,28,29)(H2,24,25,26,27). The molecule has 1 amide bonds. The van der Waals surface area contributed by atoms with Gasteiger partial charge in [-0.25, -0.2) is 4.98 Å². The van der Waals surface area contributed by atoms with Crippen molar-refractivity contribution in [2.24, 2.45) is 11.5 Å². The normalized spacial score (nSPS) is 18.7. The maximum atomic E-state index is 11.9. The van der Waals surface area contributed by atoms with Crippen molar-refractivity contribution in [1.29, 1.82) is 0 Å². The summed E-state index contributed by atoms with van der Waals surface area (Å²) < 4.78 is 0. The number of H-pyrrole nitrogens is 1. The van der Waals surface area contributed by atoms with Crippen molar-refractivity contribution < 1.29 is 4.79 Å². The maximum Gasteiger partial charge on any atom is 0.254 e. The van der Waals surface area contributed by atoms with Gasteiger partial charge in [-0.15, -0.1) is 0 Å². The number of nitrogens with one attached hydrogen (secondary N) is 3. The summed E-state index contributed by atoms with van der Waals surface area (Å²) in [5.74, 6) is 0.168. The summed E-state index contributed by atoms with van der Waals surface area (Å²) in [7, 11) is 0. The lowest BCUT2D eigenvalue weighted by Crippen LogP contribution is -2.43. The van der Waals surface area contributed by atoms with E-state index in [1.54, 1.807) is 0 Å². The molecular formula is C21H26N8O. The fourth-order valence-corrected chi connectivity index (χ4v) is 3.69. The van der Waals surface area contributed by atoms with Crippen molar-refractivity contribution in [2.75, 3.05) is 10.6 Å². The zero-order chi connectivity index (χ0) is 21.1. The lowest BCUT2D eigenvalue weighted by Gasteiger charge is -2.29. The Morgan fingerprint density at radius 1 is 1.23 bits per heavy atom. The van der Waals surface area contributed by atoms with Crippen LogP contribution in [0.2, 0.25) is 0 Å². The van der Waals surface area contributed by atoms with Crippen molar-refractivity contribution in [2.45, 2.75) is 44.7 Å². The van der Waals surface area contributed by atoms with E-state index in [1.165, 1.54) is 6.20 Å². The molecule has 0 aliphatic heterocycles. The molecule has 0 radical (unpaired) electrons. The van der Waals surface area contributed by atoms with Crippen LogP contribution in [-0.2, 0) is 0 Å². The minimum absolute atomic E-state index is 0.0589. The van der Waals surface area contributed by atoms with Crippen LogP contribution in [0.1, 0.15) is 41.7 Å². The average molecular weight is 406 g/mol. The Hall–Kier alpha value is -3.46. The van der Waals surface area contributed by atoms with Crippen LogP contribution in [0.4, 0.5) is 17.5 Å². The van der Waals surface area contributed by atoms with Crippen LogP contribution in [0.5, 0.6) is 0 Å². The highest BCUT2D eigenvalue weighted by Crippen LogP contribution is 2.26. The number of aromatic nitrogens is 4. The molecule has 2 unspecified atom stereocenters. The second kappa shape index (κ2) is 8.50. The molecular weight excluding hydrogens is 380 g/mol. The zero-order valence-electron chi connectivity index (χ0n) is 16.9. The SMILES string of the molecule is Cc1cc(-c2cccc(Nc3nc(NC4CCCCC4N)ncc3C(N)=O)c2)n[nH]1. The van der Waals surface area contributed by atoms with Gasteiger partial charge in [0.2, 0.25) is 5.95 Å². The lowest BCUT2D eigenvalue weighted by molar-refractivity contribution is 0.100. The second-order valence-corrected chi connectivity index (χ2v) is 7.66. The maximum absolute atomic E-state index is 11.9. The molecule has 9 heteroatoms. The molecule has 0 spiro atoms. The number of primary amides is 1. The first-order valence-corrected chi connectivity index (χ1v) is 10.1. The number of aromatic amines is 1. The van der Waals surface area contributed by atoms with E-state index in [4.69, 9.17) is 11.5 Å². The van der Waals surface area contributed by atoms with E-state index in [0.717, 1.165) is 48.3 Å². The van der Waals surface area contributed by atoms with Gasteiger partial charge in [0.15, 0.2) is 0 Å². The van der Waals surface area contributed by atoms with Gasteiger partial charge in [0.25, 0.3) is 5.91 Å². The van der Waals surface area contributed by atoms with Gasteiger partial charge in [-0.05, 0) is 38.0 Å². The Morgan fingerprint density at radius 2 is 2.07 bits per heavy atom. The fourth-order valence-electron chi connectivity index (χ4n) is 3.69. The van der Waals surface area contributed by atoms with Gasteiger partial charge in [-0.3, -0.25) is 9.89 Å². The molecule has 30 heavy (non-hydrogen) atoms. The van der Waals surface area contributed by atoms with Crippen LogP contribution in [0.25, 0.3) is 11.3 Å². The largest absolute Gasteiger partial charge is 0.365 e. The molecule has 0 bridgehead atoms. The van der Waals surface area contributed by atoms with E-state index >= 15 is 0 Å². The molecule has 0 saturated heterocycles. The summed E-state index contributed by atoms with van der Waals surface area (Å²) in [4.78, 5) is 20.7. The number of aryl methyl sites for hydroxylation is 1. The van der Waals surface area contributed by atoms with Crippen LogP contribution in [0.15, 0.2) is 36.5 Å². The van der Waals surface area contributed by atoms with E-state index in [-0.39, 0.29) is 17.6 Å². The number of carbonyl (C=O) groups is 1. The quantitative estimate of drug-likeness (QED) is 0.423. The molecule has 4 rings (SSSR count). The first-order valence-electron chi connectivity index (χ1n) is 10.1. The topological polar surface area (TPSA) is 148 Å². The van der Waals surface area contributed by atoms with Crippen molar-refractivity contribution in [1.82, 2.24) is 20.2 Å². The predicted molar refractivity (Wildman–Crippen MR) is 116 cm³/mol. The number of nitrogens with zero attached hydrogens (tertiary/aromatic N) is 3. The van der Waals surface area contributed by atoms with Gasteiger partial charge in [0.05, 0.1) is 5.69 Å². The Labute approximate surface area is 174 Å². The predicted octanol–water partition coefficient (Wildman–Crippen LogP) is 2.70. The number of amides is 1. The third kappa shape index (κ3) is 4.41. The van der Waals surface area contributed by atoms with Crippen molar-refractivity contribution in [3.8, 4) is 11.3 Å². The van der Waals surface area contributed by atoms with Gasteiger partial charge in [0.1, 0.15) is 11.4 Å². The van der Waals surface area contributed by atoms with Crippen LogP contribution in [0, 0.1) is 6.92 Å². The molecule has 7 N–H and O–H groups in total. The molecule has 1 saturated carbocycles.